The first-order chi connectivity index (χ1) is 11.9. The molecule has 0 fully saturated rings. The fourth-order valence-corrected chi connectivity index (χ4v) is 2.86. The maximum Gasteiger partial charge on any atom is 0.265 e. The van der Waals surface area contributed by atoms with Gasteiger partial charge >= 0.3 is 0 Å². The lowest BCUT2D eigenvalue weighted by Gasteiger charge is -2.17. The van der Waals surface area contributed by atoms with Crippen molar-refractivity contribution < 1.29 is 9.21 Å². The number of benzene rings is 1. The van der Waals surface area contributed by atoms with Crippen LogP contribution in [-0.4, -0.2) is 15.5 Å². The van der Waals surface area contributed by atoms with Crippen LogP contribution in [0.4, 0.5) is 5.69 Å². The monoisotopic (exact) mass is 359 g/mol. The largest absolute Gasteiger partial charge is 0.443 e. The number of carbonyl (C=O) groups excluding carboxylic acids is 1. The third kappa shape index (κ3) is 3.17. The number of hydrogen-bond acceptors (Lipinski definition) is 4. The van der Waals surface area contributed by atoms with Crippen LogP contribution in [0.2, 0.25) is 5.02 Å². The van der Waals surface area contributed by atoms with Gasteiger partial charge < -0.3 is 9.73 Å². The average molecular weight is 360 g/mol. The SMILES string of the molecule is CCC(C(=O)Nc1ccc(Cl)cc1)n1cnc2oc(C)c(C)c2c1=O. The second-order valence-electron chi connectivity index (χ2n) is 5.84. The van der Waals surface area contributed by atoms with Gasteiger partial charge in [-0.3, -0.25) is 14.2 Å². The molecule has 1 unspecified atom stereocenters. The van der Waals surface area contributed by atoms with Gasteiger partial charge in [0.05, 0.1) is 0 Å². The summed E-state index contributed by atoms with van der Waals surface area (Å²) in [5, 5.41) is 3.80. The molecule has 0 saturated heterocycles. The van der Waals surface area contributed by atoms with Gasteiger partial charge in [0.2, 0.25) is 11.6 Å². The van der Waals surface area contributed by atoms with Gasteiger partial charge in [0.1, 0.15) is 23.5 Å². The number of furan rings is 1. The highest BCUT2D eigenvalue weighted by Crippen LogP contribution is 2.21. The van der Waals surface area contributed by atoms with Crippen molar-refractivity contribution in [1.82, 2.24) is 9.55 Å². The van der Waals surface area contributed by atoms with E-state index in [1.54, 1.807) is 31.2 Å². The van der Waals surface area contributed by atoms with Gasteiger partial charge in [-0.05, 0) is 44.5 Å². The van der Waals surface area contributed by atoms with E-state index in [0.29, 0.717) is 34.0 Å². The maximum atomic E-state index is 12.8. The van der Waals surface area contributed by atoms with Crippen molar-refractivity contribution in [2.75, 3.05) is 5.32 Å². The highest BCUT2D eigenvalue weighted by Gasteiger charge is 2.23. The second-order valence-corrected chi connectivity index (χ2v) is 6.28. The molecule has 0 bridgehead atoms. The lowest BCUT2D eigenvalue weighted by atomic mass is 10.1. The summed E-state index contributed by atoms with van der Waals surface area (Å²) < 4.78 is 6.83. The quantitative estimate of drug-likeness (QED) is 0.767. The molecule has 2 heterocycles. The van der Waals surface area contributed by atoms with E-state index in [9.17, 15) is 9.59 Å². The van der Waals surface area contributed by atoms with Crippen LogP contribution in [0.3, 0.4) is 0 Å². The van der Waals surface area contributed by atoms with Gasteiger partial charge in [0.25, 0.3) is 5.56 Å². The summed E-state index contributed by atoms with van der Waals surface area (Å²) in [5.41, 5.74) is 1.38. The summed E-state index contributed by atoms with van der Waals surface area (Å²) in [6.07, 6.45) is 1.81. The molecule has 0 aliphatic carbocycles. The first kappa shape index (κ1) is 17.2. The summed E-state index contributed by atoms with van der Waals surface area (Å²) in [7, 11) is 0. The molecule has 6 nitrogen and oxygen atoms in total. The van der Waals surface area contributed by atoms with Gasteiger partial charge in [-0.1, -0.05) is 18.5 Å². The van der Waals surface area contributed by atoms with Crippen molar-refractivity contribution in [3.05, 3.63) is 57.3 Å². The number of anilines is 1. The van der Waals surface area contributed by atoms with Gasteiger partial charge in [-0.25, -0.2) is 4.98 Å². The number of aryl methyl sites for hydroxylation is 2. The van der Waals surface area contributed by atoms with Crippen LogP contribution in [0.5, 0.6) is 0 Å². The Bertz CT molecular complexity index is 989. The number of carbonyl (C=O) groups is 1. The second kappa shape index (κ2) is 6.72. The Morgan fingerprint density at radius 3 is 2.64 bits per heavy atom. The highest BCUT2D eigenvalue weighted by molar-refractivity contribution is 6.30. The molecule has 2 aromatic heterocycles. The van der Waals surface area contributed by atoms with E-state index >= 15 is 0 Å². The average Bonchev–Trinajstić information content (AvgIpc) is 2.88. The first-order valence-corrected chi connectivity index (χ1v) is 8.33. The van der Waals surface area contributed by atoms with Crippen molar-refractivity contribution >= 4 is 34.3 Å². The van der Waals surface area contributed by atoms with Gasteiger partial charge in [0.15, 0.2) is 0 Å². The normalized spacial score (nSPS) is 12.3. The smallest absolute Gasteiger partial charge is 0.265 e. The van der Waals surface area contributed by atoms with Crippen LogP contribution in [0.15, 0.2) is 39.8 Å². The van der Waals surface area contributed by atoms with Crippen molar-refractivity contribution in [1.29, 1.82) is 0 Å². The molecule has 25 heavy (non-hydrogen) atoms. The van der Waals surface area contributed by atoms with Crippen LogP contribution in [0.25, 0.3) is 11.1 Å². The van der Waals surface area contributed by atoms with E-state index in [1.807, 2.05) is 13.8 Å². The molecule has 0 radical (unpaired) electrons. The minimum absolute atomic E-state index is 0.280. The molecule has 7 heteroatoms. The predicted molar refractivity (Wildman–Crippen MR) is 97.2 cm³/mol. The van der Waals surface area contributed by atoms with E-state index in [4.69, 9.17) is 16.0 Å². The molecule has 1 amide bonds. The van der Waals surface area contributed by atoms with E-state index in [2.05, 4.69) is 10.3 Å². The minimum Gasteiger partial charge on any atom is -0.443 e. The van der Waals surface area contributed by atoms with Crippen LogP contribution in [0, 0.1) is 13.8 Å². The molecular weight excluding hydrogens is 342 g/mol. The highest BCUT2D eigenvalue weighted by atomic mass is 35.5. The van der Waals surface area contributed by atoms with Crippen LogP contribution in [0.1, 0.15) is 30.7 Å². The molecule has 130 valence electrons. The Morgan fingerprint density at radius 1 is 1.32 bits per heavy atom. The summed E-state index contributed by atoms with van der Waals surface area (Å²) in [6, 6.07) is 6.13. The Hall–Kier alpha value is -2.60. The molecule has 0 spiro atoms. The Balaban J connectivity index is 1.97. The van der Waals surface area contributed by atoms with Crippen LogP contribution < -0.4 is 10.9 Å². The lowest BCUT2D eigenvalue weighted by Crippen LogP contribution is -2.33. The zero-order valence-electron chi connectivity index (χ0n) is 14.2. The van der Waals surface area contributed by atoms with Gasteiger partial charge in [-0.2, -0.15) is 0 Å². The van der Waals surface area contributed by atoms with Crippen LogP contribution >= 0.6 is 11.6 Å². The van der Waals surface area contributed by atoms with Crippen molar-refractivity contribution in [2.45, 2.75) is 33.2 Å². The van der Waals surface area contributed by atoms with E-state index in [1.165, 1.54) is 10.9 Å². The van der Waals surface area contributed by atoms with Crippen molar-refractivity contribution in [2.24, 2.45) is 0 Å². The molecule has 1 atom stereocenters. The number of aromatic nitrogens is 2. The molecule has 1 N–H and O–H groups in total. The standard InChI is InChI=1S/C18H18ClN3O3/c1-4-14(16(23)21-13-7-5-12(19)6-8-13)22-9-20-17-15(18(22)24)10(2)11(3)25-17/h5-9,14H,4H2,1-3H3,(H,21,23). The summed E-state index contributed by atoms with van der Waals surface area (Å²) in [4.78, 5) is 29.7. The fraction of sp³-hybridized carbons (Fsp3) is 0.278. The molecule has 1 aromatic carbocycles. The number of amides is 1. The first-order valence-electron chi connectivity index (χ1n) is 7.95. The van der Waals surface area contributed by atoms with Crippen molar-refractivity contribution in [3.63, 3.8) is 0 Å². The molecular formula is C18H18ClN3O3. The molecule has 0 aliphatic heterocycles. The maximum absolute atomic E-state index is 12.8. The Labute approximate surface area is 149 Å². The molecule has 0 saturated carbocycles. The Morgan fingerprint density at radius 2 is 2.00 bits per heavy atom. The zero-order valence-corrected chi connectivity index (χ0v) is 14.9. The van der Waals surface area contributed by atoms with Gasteiger partial charge in [-0.15, -0.1) is 0 Å². The topological polar surface area (TPSA) is 77.1 Å². The number of rotatable bonds is 4. The molecule has 0 aliphatic rings. The number of halogens is 1. The van der Waals surface area contributed by atoms with Crippen LogP contribution in [-0.2, 0) is 4.79 Å². The van der Waals surface area contributed by atoms with E-state index < -0.39 is 6.04 Å². The van der Waals surface area contributed by atoms with Crippen molar-refractivity contribution in [3.8, 4) is 0 Å². The summed E-state index contributed by atoms with van der Waals surface area (Å²) in [5.74, 6) is 0.363. The summed E-state index contributed by atoms with van der Waals surface area (Å²) in [6.45, 7) is 5.44. The number of nitrogens with one attached hydrogen (secondary N) is 1. The predicted octanol–water partition coefficient (Wildman–Crippen LogP) is 3.85. The third-order valence-electron chi connectivity index (χ3n) is 4.25. The Kier molecular flexibility index (Phi) is 4.63. The number of nitrogens with zero attached hydrogens (tertiary/aromatic N) is 2. The minimum atomic E-state index is -0.672. The zero-order chi connectivity index (χ0) is 18.1. The van der Waals surface area contributed by atoms with E-state index in [0.717, 1.165) is 5.56 Å². The fourth-order valence-electron chi connectivity index (χ4n) is 2.74. The van der Waals surface area contributed by atoms with E-state index in [-0.39, 0.29) is 11.5 Å². The van der Waals surface area contributed by atoms with Gasteiger partial charge in [0, 0.05) is 16.3 Å². The third-order valence-corrected chi connectivity index (χ3v) is 4.50. The molecule has 3 rings (SSSR count). The number of hydrogen-bond donors (Lipinski definition) is 1. The summed E-state index contributed by atoms with van der Waals surface area (Å²) >= 11 is 5.85. The lowest BCUT2D eigenvalue weighted by molar-refractivity contribution is -0.119. The molecule has 3 aromatic rings. The number of fused-ring (bicyclic) bond motifs is 1.